The number of rotatable bonds is 4. The zero-order valence-electron chi connectivity index (χ0n) is 10.7. The van der Waals surface area contributed by atoms with Gasteiger partial charge in [-0.1, -0.05) is 13.8 Å². The summed E-state index contributed by atoms with van der Waals surface area (Å²) in [7, 11) is 0. The van der Waals surface area contributed by atoms with Gasteiger partial charge in [-0.3, -0.25) is 4.79 Å². The molecular weight excluding hydrogens is 270 g/mol. The van der Waals surface area contributed by atoms with Gasteiger partial charge in [-0.2, -0.15) is 0 Å². The molecule has 2 N–H and O–H groups in total. The van der Waals surface area contributed by atoms with Crippen molar-refractivity contribution in [3.8, 4) is 0 Å². The maximum atomic E-state index is 12.1. The van der Waals surface area contributed by atoms with E-state index in [2.05, 4.69) is 29.5 Å². The van der Waals surface area contributed by atoms with Crippen LogP contribution in [0.4, 0.5) is 0 Å². The third-order valence-electron chi connectivity index (χ3n) is 3.33. The molecular formula is C12H20ClN3OS. The van der Waals surface area contributed by atoms with E-state index in [1.807, 2.05) is 5.38 Å². The van der Waals surface area contributed by atoms with E-state index in [9.17, 15) is 4.79 Å². The minimum Gasteiger partial charge on any atom is -0.347 e. The summed E-state index contributed by atoms with van der Waals surface area (Å²) in [5.74, 6) is 0.678. The van der Waals surface area contributed by atoms with E-state index in [1.165, 1.54) is 0 Å². The Bertz CT molecular complexity index is 371. The van der Waals surface area contributed by atoms with E-state index >= 15 is 0 Å². The average molecular weight is 290 g/mol. The van der Waals surface area contributed by atoms with Gasteiger partial charge in [0.2, 0.25) is 5.91 Å². The third kappa shape index (κ3) is 3.43. The van der Waals surface area contributed by atoms with Crippen LogP contribution in [-0.4, -0.2) is 24.0 Å². The molecule has 1 saturated heterocycles. The molecule has 0 aliphatic carbocycles. The molecule has 1 amide bonds. The second-order valence-electron chi connectivity index (χ2n) is 4.58. The molecule has 4 nitrogen and oxygen atoms in total. The molecule has 0 aromatic carbocycles. The predicted molar refractivity (Wildman–Crippen MR) is 76.1 cm³/mol. The van der Waals surface area contributed by atoms with Gasteiger partial charge in [0.05, 0.1) is 12.0 Å². The lowest BCUT2D eigenvalue weighted by Gasteiger charge is -2.19. The van der Waals surface area contributed by atoms with Gasteiger partial charge in [-0.05, 0) is 18.9 Å². The molecule has 1 aliphatic heterocycles. The van der Waals surface area contributed by atoms with Crippen molar-refractivity contribution in [2.45, 2.75) is 26.3 Å². The highest BCUT2D eigenvalue weighted by atomic mass is 35.5. The van der Waals surface area contributed by atoms with E-state index in [0.717, 1.165) is 24.5 Å². The van der Waals surface area contributed by atoms with Gasteiger partial charge in [0.25, 0.3) is 0 Å². The Morgan fingerprint density at radius 3 is 2.94 bits per heavy atom. The molecule has 2 rings (SSSR count). The summed E-state index contributed by atoms with van der Waals surface area (Å²) in [5.41, 5.74) is 0. The Labute approximate surface area is 118 Å². The number of thiazole rings is 1. The van der Waals surface area contributed by atoms with Crippen molar-refractivity contribution in [1.29, 1.82) is 0 Å². The second-order valence-corrected chi connectivity index (χ2v) is 5.51. The number of hydrogen-bond acceptors (Lipinski definition) is 4. The van der Waals surface area contributed by atoms with Crippen molar-refractivity contribution in [3.63, 3.8) is 0 Å². The molecule has 102 valence electrons. The number of carbonyl (C=O) groups is 1. The number of aromatic nitrogens is 1. The van der Waals surface area contributed by atoms with Gasteiger partial charge >= 0.3 is 0 Å². The topological polar surface area (TPSA) is 54.0 Å². The van der Waals surface area contributed by atoms with Crippen LogP contribution in [0.25, 0.3) is 0 Å². The summed E-state index contributed by atoms with van der Waals surface area (Å²) in [5, 5.41) is 9.31. The van der Waals surface area contributed by atoms with E-state index in [0.29, 0.717) is 5.92 Å². The van der Waals surface area contributed by atoms with Crippen LogP contribution in [0, 0.1) is 11.8 Å². The summed E-state index contributed by atoms with van der Waals surface area (Å²) >= 11 is 1.60. The van der Waals surface area contributed by atoms with Gasteiger partial charge in [0.15, 0.2) is 0 Å². The Morgan fingerprint density at radius 1 is 1.67 bits per heavy atom. The van der Waals surface area contributed by atoms with Crippen LogP contribution in [0.5, 0.6) is 0 Å². The maximum Gasteiger partial charge on any atom is 0.225 e. The van der Waals surface area contributed by atoms with Crippen LogP contribution in [-0.2, 0) is 4.79 Å². The van der Waals surface area contributed by atoms with Gasteiger partial charge in [0, 0.05) is 18.1 Å². The van der Waals surface area contributed by atoms with Gasteiger partial charge in [0.1, 0.15) is 5.01 Å². The van der Waals surface area contributed by atoms with Gasteiger partial charge < -0.3 is 10.6 Å². The Balaban J connectivity index is 0.00000162. The number of hydrogen-bond donors (Lipinski definition) is 2. The summed E-state index contributed by atoms with van der Waals surface area (Å²) in [6.07, 6.45) is 2.67. The first-order chi connectivity index (χ1) is 8.22. The lowest BCUT2D eigenvalue weighted by atomic mass is 9.97. The Morgan fingerprint density at radius 2 is 2.44 bits per heavy atom. The first-order valence-electron chi connectivity index (χ1n) is 6.12. The van der Waals surface area contributed by atoms with Crippen LogP contribution in [0.2, 0.25) is 0 Å². The highest BCUT2D eigenvalue weighted by molar-refractivity contribution is 7.09. The molecule has 0 saturated carbocycles. The van der Waals surface area contributed by atoms with Crippen LogP contribution in [0.15, 0.2) is 11.6 Å². The molecule has 6 heteroatoms. The highest BCUT2D eigenvalue weighted by Crippen LogP contribution is 2.21. The van der Waals surface area contributed by atoms with Crippen molar-refractivity contribution in [2.24, 2.45) is 11.8 Å². The number of halogens is 1. The maximum absolute atomic E-state index is 12.1. The molecule has 1 unspecified atom stereocenters. The fourth-order valence-electron chi connectivity index (χ4n) is 2.18. The average Bonchev–Trinajstić information content (AvgIpc) is 2.96. The van der Waals surface area contributed by atoms with Gasteiger partial charge in [-0.25, -0.2) is 4.98 Å². The lowest BCUT2D eigenvalue weighted by Crippen LogP contribution is -2.36. The van der Waals surface area contributed by atoms with Crippen molar-refractivity contribution >= 4 is 29.7 Å². The smallest absolute Gasteiger partial charge is 0.225 e. The number of carbonyl (C=O) groups excluding carboxylic acids is 1. The van der Waals surface area contributed by atoms with E-state index < -0.39 is 0 Å². The first-order valence-corrected chi connectivity index (χ1v) is 7.00. The molecule has 1 fully saturated rings. The molecule has 1 aromatic heterocycles. The predicted octanol–water partition coefficient (Wildman–Crippen LogP) is 1.99. The molecule has 1 aromatic rings. The van der Waals surface area contributed by atoms with Gasteiger partial charge in [-0.15, -0.1) is 23.7 Å². The van der Waals surface area contributed by atoms with Crippen molar-refractivity contribution in [2.75, 3.05) is 13.1 Å². The molecule has 18 heavy (non-hydrogen) atoms. The van der Waals surface area contributed by atoms with Crippen LogP contribution < -0.4 is 10.6 Å². The van der Waals surface area contributed by atoms with Crippen LogP contribution in [0.3, 0.4) is 0 Å². The molecule has 0 spiro atoms. The van der Waals surface area contributed by atoms with E-state index in [1.54, 1.807) is 17.5 Å². The van der Waals surface area contributed by atoms with Crippen LogP contribution >= 0.6 is 23.7 Å². The minimum absolute atomic E-state index is 0. The largest absolute Gasteiger partial charge is 0.347 e. The van der Waals surface area contributed by atoms with Crippen molar-refractivity contribution < 1.29 is 4.79 Å². The normalized spacial score (nSPS) is 24.3. The minimum atomic E-state index is 0. The zero-order valence-corrected chi connectivity index (χ0v) is 12.3. The fourth-order valence-corrected chi connectivity index (χ4v) is 2.96. The zero-order chi connectivity index (χ0) is 12.3. The molecule has 3 atom stereocenters. The molecule has 0 bridgehead atoms. The fraction of sp³-hybridized carbons (Fsp3) is 0.667. The second kappa shape index (κ2) is 7.07. The summed E-state index contributed by atoms with van der Waals surface area (Å²) in [6, 6.07) is 0.0651. The monoisotopic (exact) mass is 289 g/mol. The first kappa shape index (κ1) is 15.4. The third-order valence-corrected chi connectivity index (χ3v) is 4.22. The molecule has 0 radical (unpaired) electrons. The SMILES string of the molecule is CCC(NC(=O)[C@@H]1CNC[C@H]1C)c1nccs1.Cl. The molecule has 1 aliphatic rings. The molecule has 2 heterocycles. The number of nitrogens with one attached hydrogen (secondary N) is 2. The highest BCUT2D eigenvalue weighted by Gasteiger charge is 2.30. The van der Waals surface area contributed by atoms with Crippen LogP contribution in [0.1, 0.15) is 31.3 Å². The number of nitrogens with zero attached hydrogens (tertiary/aromatic N) is 1. The standard InChI is InChI=1S/C12H19N3OS.ClH/c1-3-10(12-14-4-5-17-12)15-11(16)9-7-13-6-8(9)2;/h4-5,8-10,13H,3,6-7H2,1-2H3,(H,15,16);1H/t8-,9-,10?;/m1./s1. The Hall–Kier alpha value is -0.650. The quantitative estimate of drug-likeness (QED) is 0.891. The summed E-state index contributed by atoms with van der Waals surface area (Å²) in [6.45, 7) is 5.92. The number of amides is 1. The van der Waals surface area contributed by atoms with E-state index in [-0.39, 0.29) is 30.3 Å². The summed E-state index contributed by atoms with van der Waals surface area (Å²) < 4.78 is 0. The van der Waals surface area contributed by atoms with Crippen molar-refractivity contribution in [1.82, 2.24) is 15.6 Å². The van der Waals surface area contributed by atoms with Crippen molar-refractivity contribution in [3.05, 3.63) is 16.6 Å². The lowest BCUT2D eigenvalue weighted by molar-refractivity contribution is -0.126. The Kier molecular flexibility index (Phi) is 6.05. The van der Waals surface area contributed by atoms with E-state index in [4.69, 9.17) is 0 Å². The summed E-state index contributed by atoms with van der Waals surface area (Å²) in [4.78, 5) is 16.4.